The molecule has 1 saturated heterocycles. The number of phosphoric ester groups is 2. The second-order valence-electron chi connectivity index (χ2n) is 15.0. The molecule has 0 aliphatic carbocycles. The first-order chi connectivity index (χ1) is 27.8. The Morgan fingerprint density at radius 3 is 1.74 bits per heavy atom. The fourth-order valence-corrected chi connectivity index (χ4v) is 7.13. The van der Waals surface area contributed by atoms with Crippen LogP contribution in [0.5, 0.6) is 0 Å². The van der Waals surface area contributed by atoms with E-state index >= 15 is 0 Å². The lowest BCUT2D eigenvalue weighted by Crippen LogP contribution is -2.30. The maximum Gasteiger partial charge on any atom is 0.472 e. The standard InChI is InChI=1S/C42H76O14P2/c1-3-5-7-9-11-12-13-14-15-16-17-18-19-23-27-31-41(44)51-35-38(36-54-58(49,50)53-34-37(43)33-52-57(46,47)48)55-42(45)32-28-24-20-22-26-30-40-39(56-40)29-25-21-10-8-6-4-2/h11-12,14-15,21,25,37-40,43H,3-10,13,16-20,22-24,26-36H2,1-2H3,(H,49,50)(H2,46,47,48)/b12-11-,15-14-,25-21-/t37-,38+,39?,40?/m0/s1. The van der Waals surface area contributed by atoms with Crippen molar-refractivity contribution in [1.29, 1.82) is 0 Å². The number of unbranched alkanes of at least 4 members (excludes halogenated alkanes) is 15. The van der Waals surface area contributed by atoms with E-state index in [1.165, 1.54) is 38.5 Å². The molecule has 16 heteroatoms. The zero-order valence-electron chi connectivity index (χ0n) is 35.3. The zero-order chi connectivity index (χ0) is 42.7. The molecular formula is C42H76O14P2. The third kappa shape index (κ3) is 35.1. The van der Waals surface area contributed by atoms with Gasteiger partial charge in [-0.3, -0.25) is 23.2 Å². The van der Waals surface area contributed by atoms with Gasteiger partial charge >= 0.3 is 27.6 Å². The summed E-state index contributed by atoms with van der Waals surface area (Å²) < 4.78 is 53.6. The van der Waals surface area contributed by atoms with Crippen LogP contribution in [0.3, 0.4) is 0 Å². The van der Waals surface area contributed by atoms with Crippen molar-refractivity contribution in [2.75, 3.05) is 26.4 Å². The highest BCUT2D eigenvalue weighted by Crippen LogP contribution is 2.44. The molecule has 0 amide bonds. The van der Waals surface area contributed by atoms with E-state index in [0.29, 0.717) is 25.0 Å². The molecule has 1 heterocycles. The van der Waals surface area contributed by atoms with E-state index in [2.05, 4.69) is 59.4 Å². The molecule has 5 atom stereocenters. The van der Waals surface area contributed by atoms with Gasteiger partial charge in [-0.05, 0) is 70.6 Å². The Labute approximate surface area is 348 Å². The van der Waals surface area contributed by atoms with Crippen LogP contribution in [0.1, 0.15) is 168 Å². The molecule has 0 aromatic heterocycles. The van der Waals surface area contributed by atoms with Crippen LogP contribution in [0.25, 0.3) is 0 Å². The monoisotopic (exact) mass is 866 g/mol. The second kappa shape index (κ2) is 35.0. The predicted molar refractivity (Wildman–Crippen MR) is 225 cm³/mol. The summed E-state index contributed by atoms with van der Waals surface area (Å²) in [6.45, 7) is 1.66. The summed E-state index contributed by atoms with van der Waals surface area (Å²) in [7, 11) is -9.68. The summed E-state index contributed by atoms with van der Waals surface area (Å²) in [5, 5.41) is 9.75. The van der Waals surface area contributed by atoms with Gasteiger partial charge in [-0.25, -0.2) is 9.13 Å². The van der Waals surface area contributed by atoms with Crippen LogP contribution in [0.4, 0.5) is 0 Å². The molecular weight excluding hydrogens is 790 g/mol. The number of ether oxygens (including phenoxy) is 3. The number of hydrogen-bond acceptors (Lipinski definition) is 11. The number of aliphatic hydroxyl groups is 1. The lowest BCUT2D eigenvalue weighted by atomic mass is 10.1. The topological polar surface area (TPSA) is 208 Å². The van der Waals surface area contributed by atoms with E-state index in [1.54, 1.807) is 0 Å². The minimum atomic E-state index is -4.87. The maximum absolute atomic E-state index is 12.7. The van der Waals surface area contributed by atoms with Crippen LogP contribution in [-0.4, -0.2) is 82.6 Å². The Kier molecular flexibility index (Phi) is 32.7. The Balaban J connectivity index is 2.38. The zero-order valence-corrected chi connectivity index (χ0v) is 37.1. The van der Waals surface area contributed by atoms with E-state index in [9.17, 15) is 28.7 Å². The van der Waals surface area contributed by atoms with Gasteiger partial charge < -0.3 is 34.0 Å². The number of rotatable bonds is 40. The Morgan fingerprint density at radius 1 is 0.603 bits per heavy atom. The van der Waals surface area contributed by atoms with Crippen molar-refractivity contribution in [3.8, 4) is 0 Å². The predicted octanol–water partition coefficient (Wildman–Crippen LogP) is 9.88. The summed E-state index contributed by atoms with van der Waals surface area (Å²) in [6.07, 6.45) is 34.4. The van der Waals surface area contributed by atoms with E-state index in [1.807, 2.05) is 0 Å². The molecule has 3 unspecified atom stereocenters. The number of carbonyl (C=O) groups is 2. The Bertz CT molecular complexity index is 1240. The van der Waals surface area contributed by atoms with Crippen molar-refractivity contribution in [2.45, 2.75) is 192 Å². The van der Waals surface area contributed by atoms with Crippen LogP contribution >= 0.6 is 15.6 Å². The van der Waals surface area contributed by atoms with Gasteiger partial charge in [0.25, 0.3) is 0 Å². The number of hydrogen-bond donors (Lipinski definition) is 4. The van der Waals surface area contributed by atoms with Gasteiger partial charge in [-0.2, -0.15) is 0 Å². The summed E-state index contributed by atoms with van der Waals surface area (Å²) in [6, 6.07) is 0. The smallest absolute Gasteiger partial charge is 0.462 e. The highest BCUT2D eigenvalue weighted by atomic mass is 31.2. The van der Waals surface area contributed by atoms with Crippen LogP contribution in [0, 0.1) is 0 Å². The third-order valence-corrected chi connectivity index (χ3v) is 10.9. The minimum absolute atomic E-state index is 0.105. The normalized spacial score (nSPS) is 17.9. The molecule has 0 radical (unpaired) electrons. The van der Waals surface area contributed by atoms with Crippen molar-refractivity contribution in [2.24, 2.45) is 0 Å². The van der Waals surface area contributed by atoms with E-state index in [-0.39, 0.29) is 12.8 Å². The molecule has 0 saturated carbocycles. The Hall–Kier alpha value is -1.70. The first kappa shape index (κ1) is 54.3. The van der Waals surface area contributed by atoms with Crippen molar-refractivity contribution in [1.82, 2.24) is 0 Å². The van der Waals surface area contributed by atoms with Gasteiger partial charge in [0.15, 0.2) is 6.10 Å². The highest BCUT2D eigenvalue weighted by Gasteiger charge is 2.36. The van der Waals surface area contributed by atoms with E-state index in [0.717, 1.165) is 89.9 Å². The SMILES string of the molecule is CCCCC/C=C\C/C=C\CCCCCCCC(=O)OC[C@H](COP(=O)(O)OC[C@@H](O)COP(=O)(O)O)OC(=O)CCCCCCCC1OC1C/C=C\CCCCC. The molecule has 58 heavy (non-hydrogen) atoms. The van der Waals surface area contributed by atoms with Gasteiger partial charge in [0, 0.05) is 12.8 Å². The Morgan fingerprint density at radius 2 is 1.12 bits per heavy atom. The molecule has 4 N–H and O–H groups in total. The minimum Gasteiger partial charge on any atom is -0.462 e. The molecule has 1 fully saturated rings. The average molecular weight is 867 g/mol. The molecule has 0 aromatic rings. The molecule has 1 aliphatic heterocycles. The highest BCUT2D eigenvalue weighted by molar-refractivity contribution is 7.47. The van der Waals surface area contributed by atoms with Gasteiger partial charge in [-0.1, -0.05) is 121 Å². The molecule has 338 valence electrons. The molecule has 0 bridgehead atoms. The largest absolute Gasteiger partial charge is 0.472 e. The van der Waals surface area contributed by atoms with Crippen molar-refractivity contribution in [3.05, 3.63) is 36.5 Å². The summed E-state index contributed by atoms with van der Waals surface area (Å²) in [5.41, 5.74) is 0. The van der Waals surface area contributed by atoms with Crippen LogP contribution < -0.4 is 0 Å². The number of aliphatic hydroxyl groups excluding tert-OH is 1. The van der Waals surface area contributed by atoms with E-state index < -0.39 is 66.2 Å². The maximum atomic E-state index is 12.7. The molecule has 0 spiro atoms. The lowest BCUT2D eigenvalue weighted by molar-refractivity contribution is -0.161. The number of esters is 2. The average Bonchev–Trinajstić information content (AvgIpc) is 3.94. The fraction of sp³-hybridized carbons (Fsp3) is 0.810. The molecule has 1 rings (SSSR count). The fourth-order valence-electron chi connectivity index (χ4n) is 5.97. The van der Waals surface area contributed by atoms with Gasteiger partial charge in [0.2, 0.25) is 0 Å². The van der Waals surface area contributed by atoms with Crippen molar-refractivity contribution < 1.29 is 66.3 Å². The number of carbonyl (C=O) groups excluding carboxylic acids is 2. The third-order valence-electron chi connectivity index (χ3n) is 9.42. The summed E-state index contributed by atoms with van der Waals surface area (Å²) in [4.78, 5) is 52.7. The first-order valence-corrected chi connectivity index (χ1v) is 24.8. The van der Waals surface area contributed by atoms with Crippen molar-refractivity contribution in [3.63, 3.8) is 0 Å². The van der Waals surface area contributed by atoms with Gasteiger partial charge in [-0.15, -0.1) is 0 Å². The summed E-state index contributed by atoms with van der Waals surface area (Å²) >= 11 is 0. The summed E-state index contributed by atoms with van der Waals surface area (Å²) in [5.74, 6) is -1.07. The van der Waals surface area contributed by atoms with Crippen molar-refractivity contribution >= 4 is 27.6 Å². The number of phosphoric acid groups is 2. The number of allylic oxidation sites excluding steroid dienone is 5. The van der Waals surface area contributed by atoms with Gasteiger partial charge in [0.05, 0.1) is 32.0 Å². The lowest BCUT2D eigenvalue weighted by Gasteiger charge is -2.20. The van der Waals surface area contributed by atoms with E-state index in [4.69, 9.17) is 28.5 Å². The van der Waals surface area contributed by atoms with Crippen LogP contribution in [-0.2, 0) is 46.5 Å². The molecule has 14 nitrogen and oxygen atoms in total. The first-order valence-electron chi connectivity index (χ1n) is 21.8. The van der Waals surface area contributed by atoms with Gasteiger partial charge in [0.1, 0.15) is 12.7 Å². The molecule has 1 aliphatic rings. The number of epoxide rings is 1. The quantitative estimate of drug-likeness (QED) is 0.0149. The van der Waals surface area contributed by atoms with Crippen LogP contribution in [0.15, 0.2) is 36.5 Å². The second-order valence-corrected chi connectivity index (χ2v) is 17.7. The van der Waals surface area contributed by atoms with Crippen LogP contribution in [0.2, 0.25) is 0 Å². The molecule has 0 aromatic carbocycles.